The minimum absolute atomic E-state index is 0.0946. The number of nitrogens with one attached hydrogen (secondary N) is 1. The van der Waals surface area contributed by atoms with Crippen molar-refractivity contribution in [2.75, 3.05) is 5.32 Å². The summed E-state index contributed by atoms with van der Waals surface area (Å²) in [7, 11) is 0. The quantitative estimate of drug-likeness (QED) is 0.661. The van der Waals surface area contributed by atoms with E-state index in [0.29, 0.717) is 16.4 Å². The highest BCUT2D eigenvalue weighted by Gasteiger charge is 2.24. The molecule has 1 amide bonds. The zero-order chi connectivity index (χ0) is 17.9. The second-order valence-corrected chi connectivity index (χ2v) is 7.70. The van der Waals surface area contributed by atoms with Crippen molar-refractivity contribution >= 4 is 29.1 Å². The molecule has 1 aromatic heterocycles. The van der Waals surface area contributed by atoms with Crippen LogP contribution in [0.25, 0.3) is 0 Å². The average Bonchev–Trinajstić information content (AvgIpc) is 2.95. The minimum atomic E-state index is -0.419. The summed E-state index contributed by atoms with van der Waals surface area (Å²) in [6.45, 7) is 9.21. The molecular weight excluding hydrogens is 326 g/mol. The number of tetrazole rings is 1. The second kappa shape index (κ2) is 7.12. The van der Waals surface area contributed by atoms with Crippen molar-refractivity contribution in [3.8, 4) is 0 Å². The number of benzene rings is 1. The highest BCUT2D eigenvalue weighted by molar-refractivity contribution is 8.00. The summed E-state index contributed by atoms with van der Waals surface area (Å²) in [6, 6.07) is 6.95. The summed E-state index contributed by atoms with van der Waals surface area (Å²) >= 11 is 1.28. The number of aromatic nitrogens is 4. The molecule has 8 heteroatoms. The van der Waals surface area contributed by atoms with Gasteiger partial charge in [-0.2, -0.15) is 0 Å². The summed E-state index contributed by atoms with van der Waals surface area (Å²) in [4.78, 5) is 24.1. The Morgan fingerprint density at radius 2 is 1.92 bits per heavy atom. The first kappa shape index (κ1) is 18.1. The van der Waals surface area contributed by atoms with Gasteiger partial charge in [0.1, 0.15) is 0 Å². The van der Waals surface area contributed by atoms with Crippen LogP contribution in [0.1, 0.15) is 45.0 Å². The van der Waals surface area contributed by atoms with E-state index in [2.05, 4.69) is 20.8 Å². The fourth-order valence-electron chi connectivity index (χ4n) is 2.02. The minimum Gasteiger partial charge on any atom is -0.324 e. The van der Waals surface area contributed by atoms with Crippen molar-refractivity contribution in [2.24, 2.45) is 0 Å². The van der Waals surface area contributed by atoms with E-state index in [9.17, 15) is 9.59 Å². The Morgan fingerprint density at radius 3 is 2.54 bits per heavy atom. The molecule has 1 atom stereocenters. The molecule has 0 saturated heterocycles. The van der Waals surface area contributed by atoms with Crippen LogP contribution in [-0.4, -0.2) is 37.1 Å². The van der Waals surface area contributed by atoms with Crippen LogP contribution >= 0.6 is 11.8 Å². The van der Waals surface area contributed by atoms with Crippen LogP contribution in [0.2, 0.25) is 0 Å². The molecule has 0 fully saturated rings. The van der Waals surface area contributed by atoms with Crippen LogP contribution in [0.3, 0.4) is 0 Å². The molecule has 0 aliphatic carbocycles. The number of carbonyl (C=O) groups excluding carboxylic acids is 2. The summed E-state index contributed by atoms with van der Waals surface area (Å²) in [6.07, 6.45) is 0. The Hall–Kier alpha value is -2.22. The Labute approximate surface area is 145 Å². The van der Waals surface area contributed by atoms with E-state index in [1.165, 1.54) is 18.7 Å². The molecule has 2 rings (SSSR count). The van der Waals surface area contributed by atoms with E-state index >= 15 is 0 Å². The molecule has 0 bridgehead atoms. The lowest BCUT2D eigenvalue weighted by molar-refractivity contribution is -0.115. The first-order valence-corrected chi connectivity index (χ1v) is 8.44. The van der Waals surface area contributed by atoms with Gasteiger partial charge in [0.15, 0.2) is 5.78 Å². The van der Waals surface area contributed by atoms with Crippen LogP contribution < -0.4 is 5.32 Å². The normalized spacial score (nSPS) is 12.7. The molecule has 24 heavy (non-hydrogen) atoms. The van der Waals surface area contributed by atoms with Gasteiger partial charge in [-0.25, -0.2) is 4.68 Å². The van der Waals surface area contributed by atoms with Crippen LogP contribution in [0.5, 0.6) is 0 Å². The highest BCUT2D eigenvalue weighted by atomic mass is 32.2. The smallest absolute Gasteiger partial charge is 0.237 e. The van der Waals surface area contributed by atoms with Crippen LogP contribution in [0.4, 0.5) is 5.69 Å². The number of hydrogen-bond donors (Lipinski definition) is 1. The molecule has 0 aliphatic rings. The zero-order valence-electron chi connectivity index (χ0n) is 14.4. The van der Waals surface area contributed by atoms with Gasteiger partial charge in [0.2, 0.25) is 11.1 Å². The first-order valence-electron chi connectivity index (χ1n) is 7.56. The third-order valence-electron chi connectivity index (χ3n) is 3.29. The number of carbonyl (C=O) groups is 2. The summed E-state index contributed by atoms with van der Waals surface area (Å²) in [5.74, 6) is -0.306. The first-order chi connectivity index (χ1) is 11.2. The number of rotatable bonds is 5. The van der Waals surface area contributed by atoms with Crippen molar-refractivity contribution in [2.45, 2.75) is 50.6 Å². The van der Waals surface area contributed by atoms with E-state index in [1.807, 2.05) is 20.8 Å². The number of thioether (sulfide) groups is 1. The van der Waals surface area contributed by atoms with Gasteiger partial charge in [0, 0.05) is 5.56 Å². The van der Waals surface area contributed by atoms with Crippen LogP contribution in [-0.2, 0) is 10.3 Å². The largest absolute Gasteiger partial charge is 0.324 e. The van der Waals surface area contributed by atoms with Crippen LogP contribution in [0.15, 0.2) is 29.4 Å². The molecule has 1 aromatic carbocycles. The summed E-state index contributed by atoms with van der Waals surface area (Å²) in [5.41, 5.74) is 0.726. The number of Topliss-reactive ketones (excluding diaryl/α,β-unsaturated/α-hetero) is 1. The SMILES string of the molecule is CC(=O)c1ccccc1NC(=O)C(C)Sc1nnnn1C(C)(C)C. The maximum absolute atomic E-state index is 12.5. The van der Waals surface area contributed by atoms with Crippen LogP contribution in [0, 0.1) is 0 Å². The Balaban J connectivity index is 2.12. The lowest BCUT2D eigenvalue weighted by Gasteiger charge is -2.20. The van der Waals surface area contributed by atoms with Crippen molar-refractivity contribution in [3.05, 3.63) is 29.8 Å². The van der Waals surface area contributed by atoms with Crippen molar-refractivity contribution in [1.29, 1.82) is 0 Å². The maximum atomic E-state index is 12.5. The number of ketones is 1. The zero-order valence-corrected chi connectivity index (χ0v) is 15.2. The molecule has 2 aromatic rings. The van der Waals surface area contributed by atoms with Crippen molar-refractivity contribution in [1.82, 2.24) is 20.2 Å². The number of amides is 1. The Kier molecular flexibility index (Phi) is 5.38. The van der Waals surface area contributed by atoms with Gasteiger partial charge in [-0.3, -0.25) is 9.59 Å². The Morgan fingerprint density at radius 1 is 1.25 bits per heavy atom. The van der Waals surface area contributed by atoms with E-state index in [0.717, 1.165) is 0 Å². The van der Waals surface area contributed by atoms with Gasteiger partial charge in [-0.1, -0.05) is 23.9 Å². The van der Waals surface area contributed by atoms with Gasteiger partial charge in [0.05, 0.1) is 16.5 Å². The fraction of sp³-hybridized carbons (Fsp3) is 0.438. The van der Waals surface area contributed by atoms with Gasteiger partial charge in [-0.05, 0) is 57.2 Å². The molecule has 128 valence electrons. The number of hydrogen-bond acceptors (Lipinski definition) is 6. The number of para-hydroxylation sites is 1. The third kappa shape index (κ3) is 4.19. The molecular formula is C16H21N5O2S. The van der Waals surface area contributed by atoms with E-state index < -0.39 is 5.25 Å². The van der Waals surface area contributed by atoms with Crippen molar-refractivity contribution in [3.63, 3.8) is 0 Å². The predicted molar refractivity (Wildman–Crippen MR) is 93.2 cm³/mol. The Bertz CT molecular complexity index is 751. The highest BCUT2D eigenvalue weighted by Crippen LogP contribution is 2.26. The summed E-state index contributed by atoms with van der Waals surface area (Å²) in [5, 5.41) is 14.6. The third-order valence-corrected chi connectivity index (χ3v) is 4.32. The lowest BCUT2D eigenvalue weighted by Crippen LogP contribution is -2.27. The lowest BCUT2D eigenvalue weighted by atomic mass is 10.1. The number of anilines is 1. The topological polar surface area (TPSA) is 89.8 Å². The molecule has 0 aliphatic heterocycles. The number of nitrogens with zero attached hydrogens (tertiary/aromatic N) is 4. The van der Waals surface area contributed by atoms with Gasteiger partial charge >= 0.3 is 0 Å². The molecule has 7 nitrogen and oxygen atoms in total. The van der Waals surface area contributed by atoms with E-state index in [4.69, 9.17) is 0 Å². The van der Waals surface area contributed by atoms with E-state index in [-0.39, 0.29) is 17.2 Å². The van der Waals surface area contributed by atoms with E-state index in [1.54, 1.807) is 35.9 Å². The van der Waals surface area contributed by atoms with Crippen molar-refractivity contribution < 1.29 is 9.59 Å². The monoisotopic (exact) mass is 347 g/mol. The molecule has 1 unspecified atom stereocenters. The molecule has 1 N–H and O–H groups in total. The fourth-order valence-corrected chi connectivity index (χ4v) is 2.99. The second-order valence-electron chi connectivity index (χ2n) is 6.40. The molecule has 0 spiro atoms. The van der Waals surface area contributed by atoms with Gasteiger partial charge in [-0.15, -0.1) is 5.10 Å². The molecule has 0 saturated carbocycles. The van der Waals surface area contributed by atoms with Gasteiger partial charge in [0.25, 0.3) is 0 Å². The standard InChI is InChI=1S/C16H21N5O2S/c1-10(22)12-8-6-7-9-13(12)17-14(23)11(2)24-15-18-19-20-21(15)16(3,4)5/h6-9,11H,1-5H3,(H,17,23). The molecule has 0 radical (unpaired) electrons. The summed E-state index contributed by atoms with van der Waals surface area (Å²) < 4.78 is 1.69. The molecule has 1 heterocycles. The average molecular weight is 347 g/mol. The predicted octanol–water partition coefficient (Wildman–Crippen LogP) is 2.75. The van der Waals surface area contributed by atoms with Gasteiger partial charge < -0.3 is 5.32 Å². The maximum Gasteiger partial charge on any atom is 0.237 e.